The molecule has 0 amide bonds. The standard InChI is InChI=1S/C17H25N3O2/c1-3-14-5-4-9-19(14)16-8-10-18(12-16)15-6-7-17(20(21)22)13(2)11-15/h6-7,11,14,16H,3-5,8-10,12H2,1-2H3/t14?,16-/m1/s1. The Labute approximate surface area is 132 Å². The van der Waals surface area contributed by atoms with Gasteiger partial charge in [0.25, 0.3) is 5.69 Å². The minimum atomic E-state index is -0.304. The van der Waals surface area contributed by atoms with Crippen molar-refractivity contribution in [3.8, 4) is 0 Å². The first-order chi connectivity index (χ1) is 10.6. The van der Waals surface area contributed by atoms with Gasteiger partial charge in [-0.2, -0.15) is 0 Å². The van der Waals surface area contributed by atoms with E-state index in [0.29, 0.717) is 6.04 Å². The molecule has 2 atom stereocenters. The van der Waals surface area contributed by atoms with Crippen molar-refractivity contribution in [2.24, 2.45) is 0 Å². The maximum absolute atomic E-state index is 10.9. The zero-order valence-corrected chi connectivity index (χ0v) is 13.5. The molecule has 1 unspecified atom stereocenters. The first-order valence-electron chi connectivity index (χ1n) is 8.36. The first kappa shape index (κ1) is 15.3. The lowest BCUT2D eigenvalue weighted by Gasteiger charge is -2.30. The van der Waals surface area contributed by atoms with Gasteiger partial charge in [-0.1, -0.05) is 6.92 Å². The molecule has 22 heavy (non-hydrogen) atoms. The predicted octanol–water partition coefficient (Wildman–Crippen LogP) is 3.36. The van der Waals surface area contributed by atoms with Crippen LogP contribution < -0.4 is 4.90 Å². The molecular formula is C17H25N3O2. The second-order valence-corrected chi connectivity index (χ2v) is 6.56. The van der Waals surface area contributed by atoms with Crippen LogP contribution in [0.5, 0.6) is 0 Å². The number of nitrogens with zero attached hydrogens (tertiary/aromatic N) is 3. The molecule has 2 aliphatic heterocycles. The molecule has 0 spiro atoms. The summed E-state index contributed by atoms with van der Waals surface area (Å²) in [5.74, 6) is 0. The van der Waals surface area contributed by atoms with Gasteiger partial charge in [-0.3, -0.25) is 15.0 Å². The molecule has 1 aromatic carbocycles. The molecule has 0 aliphatic carbocycles. The molecular weight excluding hydrogens is 278 g/mol. The molecule has 5 heteroatoms. The van der Waals surface area contributed by atoms with Gasteiger partial charge in [0.1, 0.15) is 0 Å². The van der Waals surface area contributed by atoms with Crippen LogP contribution in [0.1, 0.15) is 38.2 Å². The Morgan fingerprint density at radius 2 is 2.14 bits per heavy atom. The van der Waals surface area contributed by atoms with Crippen LogP contribution in [0.3, 0.4) is 0 Å². The number of hydrogen-bond donors (Lipinski definition) is 0. The van der Waals surface area contributed by atoms with Gasteiger partial charge in [-0.05, 0) is 51.3 Å². The smallest absolute Gasteiger partial charge is 0.272 e. The molecule has 2 heterocycles. The third kappa shape index (κ3) is 2.82. The summed E-state index contributed by atoms with van der Waals surface area (Å²) in [6.45, 7) is 7.44. The lowest BCUT2D eigenvalue weighted by atomic mass is 10.1. The van der Waals surface area contributed by atoms with Crippen LogP contribution in [-0.4, -0.2) is 41.5 Å². The molecule has 0 N–H and O–H groups in total. The van der Waals surface area contributed by atoms with Crippen LogP contribution in [0.15, 0.2) is 18.2 Å². The maximum Gasteiger partial charge on any atom is 0.272 e. The van der Waals surface area contributed by atoms with Crippen molar-refractivity contribution in [1.82, 2.24) is 4.90 Å². The maximum atomic E-state index is 10.9. The Kier molecular flexibility index (Phi) is 4.34. The Bertz CT molecular complexity index is 561. The van der Waals surface area contributed by atoms with Crippen molar-refractivity contribution < 1.29 is 4.92 Å². The summed E-state index contributed by atoms with van der Waals surface area (Å²) in [6, 6.07) is 6.89. The Morgan fingerprint density at radius 3 is 2.82 bits per heavy atom. The first-order valence-corrected chi connectivity index (χ1v) is 8.36. The van der Waals surface area contributed by atoms with Crippen molar-refractivity contribution in [1.29, 1.82) is 0 Å². The quantitative estimate of drug-likeness (QED) is 0.632. The zero-order valence-electron chi connectivity index (χ0n) is 13.5. The Balaban J connectivity index is 1.70. The summed E-state index contributed by atoms with van der Waals surface area (Å²) in [5.41, 5.74) is 2.08. The molecule has 0 saturated carbocycles. The molecule has 1 aromatic rings. The van der Waals surface area contributed by atoms with Crippen molar-refractivity contribution in [2.45, 2.75) is 51.6 Å². The normalized spacial score (nSPS) is 25.8. The fraction of sp³-hybridized carbons (Fsp3) is 0.647. The second kappa shape index (κ2) is 6.24. The lowest BCUT2D eigenvalue weighted by molar-refractivity contribution is -0.385. The lowest BCUT2D eigenvalue weighted by Crippen LogP contribution is -2.40. The minimum Gasteiger partial charge on any atom is -0.370 e. The fourth-order valence-corrected chi connectivity index (χ4v) is 4.07. The molecule has 3 rings (SSSR count). The van der Waals surface area contributed by atoms with Gasteiger partial charge in [0.15, 0.2) is 0 Å². The van der Waals surface area contributed by atoms with E-state index in [1.165, 1.54) is 32.2 Å². The van der Waals surface area contributed by atoms with Crippen molar-refractivity contribution in [3.63, 3.8) is 0 Å². The van der Waals surface area contributed by atoms with Gasteiger partial charge in [0, 0.05) is 42.5 Å². The van der Waals surface area contributed by atoms with Gasteiger partial charge < -0.3 is 4.90 Å². The van der Waals surface area contributed by atoms with Crippen molar-refractivity contribution in [3.05, 3.63) is 33.9 Å². The topological polar surface area (TPSA) is 49.6 Å². The summed E-state index contributed by atoms with van der Waals surface area (Å²) in [4.78, 5) is 15.7. The van der Waals surface area contributed by atoms with E-state index in [4.69, 9.17) is 0 Å². The summed E-state index contributed by atoms with van der Waals surface area (Å²) in [6.07, 6.45) is 5.11. The monoisotopic (exact) mass is 303 g/mol. The largest absolute Gasteiger partial charge is 0.370 e. The molecule has 5 nitrogen and oxygen atoms in total. The van der Waals surface area contributed by atoms with Crippen LogP contribution in [0.4, 0.5) is 11.4 Å². The molecule has 2 fully saturated rings. The van der Waals surface area contributed by atoms with Crippen LogP contribution >= 0.6 is 0 Å². The third-order valence-corrected chi connectivity index (χ3v) is 5.27. The van der Waals surface area contributed by atoms with E-state index in [0.717, 1.165) is 30.4 Å². The summed E-state index contributed by atoms with van der Waals surface area (Å²) in [5, 5.41) is 10.9. The highest BCUT2D eigenvalue weighted by Gasteiger charge is 2.34. The third-order valence-electron chi connectivity index (χ3n) is 5.27. The van der Waals surface area contributed by atoms with E-state index >= 15 is 0 Å². The average molecular weight is 303 g/mol. The molecule has 0 radical (unpaired) electrons. The van der Waals surface area contributed by atoms with Crippen molar-refractivity contribution in [2.75, 3.05) is 24.5 Å². The highest BCUT2D eigenvalue weighted by atomic mass is 16.6. The van der Waals surface area contributed by atoms with Gasteiger partial charge in [-0.15, -0.1) is 0 Å². The van der Waals surface area contributed by atoms with E-state index < -0.39 is 0 Å². The van der Waals surface area contributed by atoms with Gasteiger partial charge in [0.05, 0.1) is 4.92 Å². The number of aryl methyl sites for hydroxylation is 1. The van der Waals surface area contributed by atoms with E-state index in [-0.39, 0.29) is 10.6 Å². The summed E-state index contributed by atoms with van der Waals surface area (Å²) >= 11 is 0. The number of hydrogen-bond acceptors (Lipinski definition) is 4. The highest BCUT2D eigenvalue weighted by molar-refractivity contribution is 5.56. The van der Waals surface area contributed by atoms with Gasteiger partial charge in [0.2, 0.25) is 0 Å². The molecule has 120 valence electrons. The number of rotatable bonds is 4. The SMILES string of the molecule is CCC1CCCN1[C@@H]1CCN(c2ccc([N+](=O)[O-])c(C)c2)C1. The van der Waals surface area contributed by atoms with Crippen LogP contribution in [-0.2, 0) is 0 Å². The Morgan fingerprint density at radius 1 is 1.32 bits per heavy atom. The predicted molar refractivity (Wildman–Crippen MR) is 88.5 cm³/mol. The summed E-state index contributed by atoms with van der Waals surface area (Å²) < 4.78 is 0. The van der Waals surface area contributed by atoms with Crippen molar-refractivity contribution >= 4 is 11.4 Å². The van der Waals surface area contributed by atoms with Crippen LogP contribution in [0.25, 0.3) is 0 Å². The number of anilines is 1. The summed E-state index contributed by atoms with van der Waals surface area (Å²) in [7, 11) is 0. The molecule has 0 aromatic heterocycles. The van der Waals surface area contributed by atoms with Gasteiger partial charge >= 0.3 is 0 Å². The van der Waals surface area contributed by atoms with Crippen LogP contribution in [0, 0.1) is 17.0 Å². The minimum absolute atomic E-state index is 0.213. The van der Waals surface area contributed by atoms with E-state index in [1.54, 1.807) is 6.07 Å². The van der Waals surface area contributed by atoms with E-state index in [2.05, 4.69) is 16.7 Å². The number of nitro benzene ring substituents is 1. The average Bonchev–Trinajstić information content (AvgIpc) is 3.15. The highest BCUT2D eigenvalue weighted by Crippen LogP contribution is 2.31. The van der Waals surface area contributed by atoms with Gasteiger partial charge in [-0.25, -0.2) is 0 Å². The van der Waals surface area contributed by atoms with E-state index in [1.807, 2.05) is 19.1 Å². The van der Waals surface area contributed by atoms with Crippen LogP contribution in [0.2, 0.25) is 0 Å². The molecule has 0 bridgehead atoms. The number of nitro groups is 1. The second-order valence-electron chi connectivity index (χ2n) is 6.56. The number of benzene rings is 1. The fourth-order valence-electron chi connectivity index (χ4n) is 4.07. The Hall–Kier alpha value is -1.62. The zero-order chi connectivity index (χ0) is 15.7. The van der Waals surface area contributed by atoms with E-state index in [9.17, 15) is 10.1 Å². The molecule has 2 aliphatic rings. The number of likely N-dealkylation sites (tertiary alicyclic amines) is 1. The molecule has 2 saturated heterocycles.